The fraction of sp³-hybridized carbons (Fsp3) is 0.538. The van der Waals surface area contributed by atoms with Crippen LogP contribution in [-0.4, -0.2) is 0 Å². The van der Waals surface area contributed by atoms with Gasteiger partial charge in [-0.15, -0.1) is 0 Å². The number of hydrogen-bond donors (Lipinski definition) is 0. The molecule has 0 aliphatic rings. The molecule has 0 aliphatic heterocycles. The van der Waals surface area contributed by atoms with Gasteiger partial charge in [-0.3, -0.25) is 0 Å². The molecule has 0 nitrogen and oxygen atoms in total. The van der Waals surface area contributed by atoms with Crippen molar-refractivity contribution in [3.63, 3.8) is 0 Å². The minimum absolute atomic E-state index is 0.730. The molecule has 71 valence electrons. The average molecular weight is 175 g/mol. The molecule has 0 aliphatic carbocycles. The molecule has 0 spiro atoms. The fourth-order valence-electron chi connectivity index (χ4n) is 1.54. The van der Waals surface area contributed by atoms with Gasteiger partial charge < -0.3 is 0 Å². The molecule has 0 saturated heterocycles. The molecule has 0 heterocycles. The maximum Gasteiger partial charge on any atom is -0.0114 e. The van der Waals surface area contributed by atoms with E-state index in [2.05, 4.69) is 45.0 Å². The van der Waals surface area contributed by atoms with Crippen molar-refractivity contribution in [1.82, 2.24) is 0 Å². The summed E-state index contributed by atoms with van der Waals surface area (Å²) in [5.74, 6) is 0.730. The maximum atomic E-state index is 3.48. The highest BCUT2D eigenvalue weighted by atomic mass is 14.0. The second-order valence-electron chi connectivity index (χ2n) is 4.05. The highest BCUT2D eigenvalue weighted by Crippen LogP contribution is 2.10. The van der Waals surface area contributed by atoms with Crippen LogP contribution in [0.15, 0.2) is 18.2 Å². The Morgan fingerprint density at radius 1 is 1.23 bits per heavy atom. The quantitative estimate of drug-likeness (QED) is 0.655. The largest absolute Gasteiger partial charge is 0.0651 e. The monoisotopic (exact) mass is 175 g/mol. The van der Waals surface area contributed by atoms with Crippen molar-refractivity contribution in [2.45, 2.75) is 40.0 Å². The third-order valence-corrected chi connectivity index (χ3v) is 2.06. The van der Waals surface area contributed by atoms with Gasteiger partial charge in [-0.05, 0) is 36.0 Å². The molecule has 0 N–H and O–H groups in total. The van der Waals surface area contributed by atoms with E-state index in [1.54, 1.807) is 0 Å². The lowest BCUT2D eigenvalue weighted by Gasteiger charge is -2.05. The molecule has 1 aromatic carbocycles. The van der Waals surface area contributed by atoms with Crippen LogP contribution in [0.1, 0.15) is 38.3 Å². The van der Waals surface area contributed by atoms with E-state index in [1.165, 1.54) is 17.5 Å². The summed E-state index contributed by atoms with van der Waals surface area (Å²) in [6, 6.07) is 9.98. The van der Waals surface area contributed by atoms with Crippen LogP contribution in [0.3, 0.4) is 0 Å². The highest BCUT2D eigenvalue weighted by molar-refractivity contribution is 5.22. The van der Waals surface area contributed by atoms with Crippen molar-refractivity contribution in [3.8, 4) is 0 Å². The zero-order valence-corrected chi connectivity index (χ0v) is 8.93. The Morgan fingerprint density at radius 3 is 2.54 bits per heavy atom. The summed E-state index contributed by atoms with van der Waals surface area (Å²) in [7, 11) is 0. The van der Waals surface area contributed by atoms with Crippen molar-refractivity contribution >= 4 is 0 Å². The Kier molecular flexibility index (Phi) is 4.01. The van der Waals surface area contributed by atoms with Crippen molar-refractivity contribution in [2.75, 3.05) is 0 Å². The summed E-state index contributed by atoms with van der Waals surface area (Å²) in [6.07, 6.45) is 3.52. The Labute approximate surface area is 82.0 Å². The molecule has 0 amide bonds. The highest BCUT2D eigenvalue weighted by Gasteiger charge is 1.99. The molecule has 1 rings (SSSR count). The van der Waals surface area contributed by atoms with Gasteiger partial charge in [0.1, 0.15) is 0 Å². The molecule has 0 heteroatoms. The Hall–Kier alpha value is -0.780. The fourth-order valence-corrected chi connectivity index (χ4v) is 1.54. The van der Waals surface area contributed by atoms with E-state index in [-0.39, 0.29) is 0 Å². The van der Waals surface area contributed by atoms with E-state index >= 15 is 0 Å². The van der Waals surface area contributed by atoms with Crippen molar-refractivity contribution in [1.29, 1.82) is 0 Å². The molecule has 1 radical (unpaired) electrons. The van der Waals surface area contributed by atoms with Crippen LogP contribution in [0, 0.1) is 12.0 Å². The van der Waals surface area contributed by atoms with E-state index in [1.807, 2.05) is 0 Å². The van der Waals surface area contributed by atoms with Gasteiger partial charge in [0.05, 0.1) is 0 Å². The van der Waals surface area contributed by atoms with E-state index < -0.39 is 0 Å². The maximum absolute atomic E-state index is 3.48. The molecule has 0 fully saturated rings. The van der Waals surface area contributed by atoms with Gasteiger partial charge >= 0.3 is 0 Å². The van der Waals surface area contributed by atoms with Crippen molar-refractivity contribution in [3.05, 3.63) is 35.4 Å². The summed E-state index contributed by atoms with van der Waals surface area (Å²) in [6.45, 7) is 6.71. The van der Waals surface area contributed by atoms with Crippen LogP contribution in [0.2, 0.25) is 0 Å². The first-order chi connectivity index (χ1) is 6.22. The van der Waals surface area contributed by atoms with Crippen LogP contribution >= 0.6 is 0 Å². The van der Waals surface area contributed by atoms with E-state index in [0.717, 1.165) is 18.8 Å². The van der Waals surface area contributed by atoms with Gasteiger partial charge in [-0.1, -0.05) is 45.4 Å². The SMILES string of the molecule is CCCc1[c]c(CC(C)C)ccc1. The molecule has 0 unspecified atom stereocenters. The zero-order chi connectivity index (χ0) is 9.68. The standard InChI is InChI=1S/C13H19/c1-4-6-12-7-5-8-13(10-12)9-11(2)3/h5,7-8,11H,4,6,9H2,1-3H3. The lowest BCUT2D eigenvalue weighted by molar-refractivity contribution is 0.646. The predicted octanol–water partition coefficient (Wildman–Crippen LogP) is 3.64. The minimum Gasteiger partial charge on any atom is -0.0651 e. The van der Waals surface area contributed by atoms with Crippen LogP contribution in [-0.2, 0) is 12.8 Å². The van der Waals surface area contributed by atoms with Gasteiger partial charge in [0.25, 0.3) is 0 Å². The van der Waals surface area contributed by atoms with Crippen LogP contribution in [0.4, 0.5) is 0 Å². The first-order valence-electron chi connectivity index (χ1n) is 5.22. The topological polar surface area (TPSA) is 0 Å². The van der Waals surface area contributed by atoms with Gasteiger partial charge in [0.15, 0.2) is 0 Å². The van der Waals surface area contributed by atoms with Crippen LogP contribution in [0.25, 0.3) is 0 Å². The van der Waals surface area contributed by atoms with Crippen LogP contribution in [0.5, 0.6) is 0 Å². The summed E-state index contributed by atoms with van der Waals surface area (Å²) in [4.78, 5) is 0. The van der Waals surface area contributed by atoms with E-state index in [4.69, 9.17) is 0 Å². The number of rotatable bonds is 4. The first-order valence-corrected chi connectivity index (χ1v) is 5.22. The normalized spacial score (nSPS) is 10.8. The number of aryl methyl sites for hydroxylation is 1. The predicted molar refractivity (Wildman–Crippen MR) is 57.8 cm³/mol. The Morgan fingerprint density at radius 2 is 1.92 bits per heavy atom. The molecule has 0 bridgehead atoms. The second kappa shape index (κ2) is 5.06. The van der Waals surface area contributed by atoms with Gasteiger partial charge in [0.2, 0.25) is 0 Å². The summed E-state index contributed by atoms with van der Waals surface area (Å²) >= 11 is 0. The van der Waals surface area contributed by atoms with E-state index in [9.17, 15) is 0 Å². The van der Waals surface area contributed by atoms with Crippen molar-refractivity contribution < 1.29 is 0 Å². The molecule has 13 heavy (non-hydrogen) atoms. The van der Waals surface area contributed by atoms with Gasteiger partial charge in [-0.25, -0.2) is 0 Å². The molecule has 0 aromatic heterocycles. The third-order valence-electron chi connectivity index (χ3n) is 2.06. The summed E-state index contributed by atoms with van der Waals surface area (Å²) in [5, 5.41) is 0. The Balaban J connectivity index is 2.67. The minimum atomic E-state index is 0.730. The van der Waals surface area contributed by atoms with Crippen LogP contribution < -0.4 is 0 Å². The zero-order valence-electron chi connectivity index (χ0n) is 8.93. The van der Waals surface area contributed by atoms with E-state index in [0.29, 0.717) is 0 Å². The van der Waals surface area contributed by atoms with Gasteiger partial charge in [0, 0.05) is 0 Å². The molecule has 1 aromatic rings. The Bertz CT molecular complexity index is 248. The second-order valence-corrected chi connectivity index (χ2v) is 4.05. The first kappa shape index (κ1) is 10.3. The molecule has 0 saturated carbocycles. The lowest BCUT2D eigenvalue weighted by atomic mass is 10.00. The molecule has 0 atom stereocenters. The summed E-state index contributed by atoms with van der Waals surface area (Å²) < 4.78 is 0. The number of benzene rings is 1. The number of hydrogen-bond acceptors (Lipinski definition) is 0. The lowest BCUT2D eigenvalue weighted by Crippen LogP contribution is -1.95. The molecular formula is C13H19. The van der Waals surface area contributed by atoms with Gasteiger partial charge in [-0.2, -0.15) is 0 Å². The molecular weight excluding hydrogens is 156 g/mol. The third kappa shape index (κ3) is 3.63. The summed E-state index contributed by atoms with van der Waals surface area (Å²) in [5.41, 5.74) is 2.72. The smallest absolute Gasteiger partial charge is 0.0114 e. The van der Waals surface area contributed by atoms with Crippen molar-refractivity contribution in [2.24, 2.45) is 5.92 Å². The average Bonchev–Trinajstić information content (AvgIpc) is 2.04.